The first-order valence-corrected chi connectivity index (χ1v) is 7.98. The molecule has 0 bridgehead atoms. The molecule has 0 saturated carbocycles. The number of nitrogens with one attached hydrogen (secondary N) is 1. The number of benzene rings is 1. The van der Waals surface area contributed by atoms with Crippen molar-refractivity contribution in [3.63, 3.8) is 0 Å². The maximum atomic E-state index is 12.1. The number of rotatable bonds is 5. The third-order valence-electron chi connectivity index (χ3n) is 3.10. The van der Waals surface area contributed by atoms with E-state index in [0.29, 0.717) is 22.2 Å². The summed E-state index contributed by atoms with van der Waals surface area (Å²) in [6.07, 6.45) is 0. The van der Waals surface area contributed by atoms with E-state index in [1.165, 1.54) is 11.3 Å². The molecule has 1 aromatic carbocycles. The van der Waals surface area contributed by atoms with Crippen LogP contribution in [0.15, 0.2) is 46.2 Å². The van der Waals surface area contributed by atoms with Crippen molar-refractivity contribution >= 4 is 22.4 Å². The molecule has 6 nitrogen and oxygen atoms in total. The third kappa shape index (κ3) is 3.62. The van der Waals surface area contributed by atoms with Crippen molar-refractivity contribution in [3.05, 3.63) is 64.6 Å². The summed E-state index contributed by atoms with van der Waals surface area (Å²) in [5.74, 6) is 0.770. The molecule has 3 rings (SSSR count). The molecule has 1 amide bonds. The fraction of sp³-hybridized carbons (Fsp3) is 0.118. The topological polar surface area (TPSA) is 88.1 Å². The molecular weight excluding hydrogens is 326 g/mol. The van der Waals surface area contributed by atoms with Crippen LogP contribution in [0.5, 0.6) is 5.75 Å². The van der Waals surface area contributed by atoms with Gasteiger partial charge in [0.1, 0.15) is 24.2 Å². The van der Waals surface area contributed by atoms with Crippen LogP contribution < -0.4 is 10.1 Å². The average Bonchev–Trinajstić information content (AvgIpc) is 3.22. The van der Waals surface area contributed by atoms with Gasteiger partial charge in [0.25, 0.3) is 5.91 Å². The minimum absolute atomic E-state index is 0.127. The van der Waals surface area contributed by atoms with E-state index in [0.717, 1.165) is 5.69 Å². The molecule has 0 aliphatic carbocycles. The van der Waals surface area contributed by atoms with Crippen LogP contribution in [-0.2, 0) is 6.61 Å². The largest absolute Gasteiger partial charge is 0.484 e. The average molecular weight is 339 g/mol. The lowest BCUT2D eigenvalue weighted by Crippen LogP contribution is -2.10. The van der Waals surface area contributed by atoms with E-state index in [1.807, 2.05) is 12.3 Å². The van der Waals surface area contributed by atoms with E-state index in [9.17, 15) is 4.79 Å². The van der Waals surface area contributed by atoms with Gasteiger partial charge in [-0.25, -0.2) is 4.98 Å². The molecule has 2 heterocycles. The van der Waals surface area contributed by atoms with Crippen molar-refractivity contribution in [2.45, 2.75) is 13.5 Å². The lowest BCUT2D eigenvalue weighted by Gasteiger charge is -2.05. The summed E-state index contributed by atoms with van der Waals surface area (Å²) in [4.78, 5) is 16.3. The second-order valence-electron chi connectivity index (χ2n) is 4.91. The van der Waals surface area contributed by atoms with Crippen molar-refractivity contribution in [3.8, 4) is 11.8 Å². The summed E-state index contributed by atoms with van der Waals surface area (Å²) in [5.41, 5.74) is 1.29. The van der Waals surface area contributed by atoms with E-state index in [1.54, 1.807) is 36.4 Å². The summed E-state index contributed by atoms with van der Waals surface area (Å²) < 4.78 is 11.0. The molecule has 1 N–H and O–H groups in total. The number of carbonyl (C=O) groups excluding carboxylic acids is 1. The SMILES string of the molecule is Cc1csc(NC(=O)c2ccc(COc3ccccc3C#N)o2)n1. The number of carbonyl (C=O) groups is 1. The number of hydrogen-bond donors (Lipinski definition) is 1. The summed E-state index contributed by atoms with van der Waals surface area (Å²) in [7, 11) is 0. The minimum Gasteiger partial charge on any atom is -0.484 e. The molecule has 0 fully saturated rings. The minimum atomic E-state index is -0.368. The highest BCUT2D eigenvalue weighted by molar-refractivity contribution is 7.13. The van der Waals surface area contributed by atoms with Crippen LogP contribution in [0.25, 0.3) is 0 Å². The Kier molecular flexibility index (Phi) is 4.59. The predicted octanol–water partition coefficient (Wildman–Crippen LogP) is 3.75. The molecule has 0 aliphatic heterocycles. The quantitative estimate of drug-likeness (QED) is 0.765. The number of para-hydroxylation sites is 1. The predicted molar refractivity (Wildman–Crippen MR) is 89.0 cm³/mol. The Morgan fingerprint density at radius 2 is 2.21 bits per heavy atom. The van der Waals surface area contributed by atoms with Crippen molar-refractivity contribution in [2.75, 3.05) is 5.32 Å². The molecule has 0 radical (unpaired) electrons. The van der Waals surface area contributed by atoms with E-state index < -0.39 is 0 Å². The Balaban J connectivity index is 1.63. The zero-order chi connectivity index (χ0) is 16.9. The standard InChI is InChI=1S/C17H13N3O3S/c1-11-10-24-17(19-11)20-16(21)15-7-6-13(23-15)9-22-14-5-3-2-4-12(14)8-18/h2-7,10H,9H2,1H3,(H,19,20,21). The Labute approximate surface area is 142 Å². The van der Waals surface area contributed by atoms with E-state index in [2.05, 4.69) is 16.4 Å². The van der Waals surface area contributed by atoms with Gasteiger partial charge in [0.2, 0.25) is 0 Å². The molecule has 3 aromatic rings. The van der Waals surface area contributed by atoms with Crippen LogP contribution in [0, 0.1) is 18.3 Å². The number of nitrogens with zero attached hydrogens (tertiary/aromatic N) is 2. The number of hydrogen-bond acceptors (Lipinski definition) is 6. The van der Waals surface area contributed by atoms with Crippen molar-refractivity contribution in [2.24, 2.45) is 0 Å². The number of anilines is 1. The molecule has 0 saturated heterocycles. The van der Waals surface area contributed by atoms with Crippen molar-refractivity contribution in [1.29, 1.82) is 5.26 Å². The van der Waals surface area contributed by atoms with Gasteiger partial charge in [0, 0.05) is 5.38 Å². The van der Waals surface area contributed by atoms with Gasteiger partial charge in [-0.1, -0.05) is 12.1 Å². The number of ether oxygens (including phenoxy) is 1. The number of nitriles is 1. The second kappa shape index (κ2) is 6.98. The maximum Gasteiger partial charge on any atom is 0.293 e. The van der Waals surface area contributed by atoms with Crippen LogP contribution >= 0.6 is 11.3 Å². The molecule has 0 spiro atoms. The van der Waals surface area contributed by atoms with Gasteiger partial charge >= 0.3 is 0 Å². The first-order valence-electron chi connectivity index (χ1n) is 7.10. The monoisotopic (exact) mass is 339 g/mol. The Morgan fingerprint density at radius 1 is 1.38 bits per heavy atom. The van der Waals surface area contributed by atoms with Crippen molar-refractivity contribution < 1.29 is 13.9 Å². The molecular formula is C17H13N3O3S. The fourth-order valence-electron chi connectivity index (χ4n) is 1.98. The van der Waals surface area contributed by atoms with E-state index in [4.69, 9.17) is 14.4 Å². The number of thiazole rings is 1. The molecule has 120 valence electrons. The molecule has 2 aromatic heterocycles. The van der Waals surface area contributed by atoms with Gasteiger partial charge in [-0.05, 0) is 31.2 Å². The number of aromatic nitrogens is 1. The molecule has 0 aliphatic rings. The highest BCUT2D eigenvalue weighted by Crippen LogP contribution is 2.20. The fourth-order valence-corrected chi connectivity index (χ4v) is 2.66. The third-order valence-corrected chi connectivity index (χ3v) is 3.98. The molecule has 7 heteroatoms. The lowest BCUT2D eigenvalue weighted by molar-refractivity contribution is 0.0992. The maximum absolute atomic E-state index is 12.1. The van der Waals surface area contributed by atoms with Gasteiger partial charge in [-0.3, -0.25) is 10.1 Å². The normalized spacial score (nSPS) is 10.2. The van der Waals surface area contributed by atoms with Gasteiger partial charge in [-0.2, -0.15) is 5.26 Å². The van der Waals surface area contributed by atoms with E-state index in [-0.39, 0.29) is 18.3 Å². The van der Waals surface area contributed by atoms with Crippen LogP contribution in [0.4, 0.5) is 5.13 Å². The second-order valence-corrected chi connectivity index (χ2v) is 5.77. The number of furan rings is 1. The van der Waals surface area contributed by atoms with Crippen molar-refractivity contribution in [1.82, 2.24) is 4.98 Å². The zero-order valence-corrected chi connectivity index (χ0v) is 13.6. The summed E-state index contributed by atoms with van der Waals surface area (Å²) >= 11 is 1.35. The first-order chi connectivity index (χ1) is 11.7. The highest BCUT2D eigenvalue weighted by Gasteiger charge is 2.13. The summed E-state index contributed by atoms with van der Waals surface area (Å²) in [5, 5.41) is 14.1. The summed E-state index contributed by atoms with van der Waals surface area (Å²) in [6.45, 7) is 1.98. The van der Waals surface area contributed by atoms with Crippen LogP contribution in [-0.4, -0.2) is 10.9 Å². The molecule has 0 unspecified atom stereocenters. The molecule has 24 heavy (non-hydrogen) atoms. The van der Waals surface area contributed by atoms with Gasteiger partial charge in [-0.15, -0.1) is 11.3 Å². The molecule has 0 atom stereocenters. The Morgan fingerprint density at radius 3 is 2.96 bits per heavy atom. The van der Waals surface area contributed by atoms with Gasteiger partial charge in [0.15, 0.2) is 10.9 Å². The van der Waals surface area contributed by atoms with E-state index >= 15 is 0 Å². The first kappa shape index (κ1) is 15.8. The smallest absolute Gasteiger partial charge is 0.293 e. The lowest BCUT2D eigenvalue weighted by atomic mass is 10.2. The number of amides is 1. The number of aryl methyl sites for hydroxylation is 1. The Bertz CT molecular complexity index is 908. The van der Waals surface area contributed by atoms with Crippen LogP contribution in [0.2, 0.25) is 0 Å². The Hall–Kier alpha value is -3.11. The van der Waals surface area contributed by atoms with Gasteiger partial charge in [0.05, 0.1) is 11.3 Å². The van der Waals surface area contributed by atoms with Crippen LogP contribution in [0.3, 0.4) is 0 Å². The summed E-state index contributed by atoms with van der Waals surface area (Å²) in [6, 6.07) is 12.2. The zero-order valence-electron chi connectivity index (χ0n) is 12.8. The van der Waals surface area contributed by atoms with Gasteiger partial charge < -0.3 is 9.15 Å². The van der Waals surface area contributed by atoms with Crippen LogP contribution in [0.1, 0.15) is 27.6 Å². The highest BCUT2D eigenvalue weighted by atomic mass is 32.1.